The Bertz CT molecular complexity index is 398. The zero-order valence-electron chi connectivity index (χ0n) is 9.90. The van der Waals surface area contributed by atoms with Crippen molar-refractivity contribution in [2.24, 2.45) is 0 Å². The van der Waals surface area contributed by atoms with Crippen LogP contribution in [0.4, 0.5) is 5.82 Å². The van der Waals surface area contributed by atoms with Crippen molar-refractivity contribution in [2.45, 2.75) is 18.9 Å². The van der Waals surface area contributed by atoms with E-state index < -0.39 is 0 Å². The van der Waals surface area contributed by atoms with Crippen molar-refractivity contribution >= 4 is 29.0 Å². The lowest BCUT2D eigenvalue weighted by Gasteiger charge is -2.36. The van der Waals surface area contributed by atoms with Crippen LogP contribution < -0.4 is 4.90 Å². The summed E-state index contributed by atoms with van der Waals surface area (Å²) in [6, 6.07) is 0.508. The minimum atomic E-state index is 0.136. The molecule has 0 saturated carbocycles. The Balaban J connectivity index is 2.18. The van der Waals surface area contributed by atoms with Crippen molar-refractivity contribution in [3.05, 3.63) is 10.4 Å². The van der Waals surface area contributed by atoms with Gasteiger partial charge in [0.1, 0.15) is 0 Å². The molecule has 0 aromatic carbocycles. The SMILES string of the molecule is CN(C)C1CCCN(c2nc(Cl)nnc2Cl)C1. The van der Waals surface area contributed by atoms with E-state index in [9.17, 15) is 0 Å². The zero-order chi connectivity index (χ0) is 12.4. The molecule has 5 nitrogen and oxygen atoms in total. The molecule has 1 aromatic rings. The Kier molecular flexibility index (Phi) is 4.01. The third kappa shape index (κ3) is 2.97. The second-order valence-corrected chi connectivity index (χ2v) is 5.10. The number of rotatable bonds is 2. The van der Waals surface area contributed by atoms with E-state index in [2.05, 4.69) is 39.1 Å². The average Bonchev–Trinajstić information content (AvgIpc) is 2.32. The quantitative estimate of drug-likeness (QED) is 0.822. The van der Waals surface area contributed by atoms with Crippen LogP contribution >= 0.6 is 23.2 Å². The normalized spacial score (nSPS) is 21.0. The number of piperidine rings is 1. The summed E-state index contributed by atoms with van der Waals surface area (Å²) in [4.78, 5) is 8.50. The van der Waals surface area contributed by atoms with E-state index in [0.29, 0.717) is 17.0 Å². The first-order valence-electron chi connectivity index (χ1n) is 5.55. The molecule has 94 valence electrons. The summed E-state index contributed by atoms with van der Waals surface area (Å²) in [6.45, 7) is 1.82. The van der Waals surface area contributed by atoms with Crippen molar-refractivity contribution < 1.29 is 0 Å². The van der Waals surface area contributed by atoms with Crippen molar-refractivity contribution in [1.29, 1.82) is 0 Å². The Hall–Kier alpha value is -0.650. The predicted octanol–water partition coefficient (Wildman–Crippen LogP) is 1.71. The van der Waals surface area contributed by atoms with Crippen LogP contribution in [-0.4, -0.2) is 53.3 Å². The Labute approximate surface area is 111 Å². The van der Waals surface area contributed by atoms with E-state index in [1.807, 2.05) is 0 Å². The van der Waals surface area contributed by atoms with Gasteiger partial charge in [0.15, 0.2) is 11.0 Å². The molecule has 1 saturated heterocycles. The molecule has 1 aliphatic rings. The summed E-state index contributed by atoms with van der Waals surface area (Å²) in [6.07, 6.45) is 2.30. The second kappa shape index (κ2) is 5.33. The highest BCUT2D eigenvalue weighted by molar-refractivity contribution is 6.32. The topological polar surface area (TPSA) is 45.2 Å². The molecule has 1 aromatic heterocycles. The van der Waals surface area contributed by atoms with Crippen LogP contribution in [0.1, 0.15) is 12.8 Å². The van der Waals surface area contributed by atoms with Gasteiger partial charge in [0.05, 0.1) is 0 Å². The van der Waals surface area contributed by atoms with Gasteiger partial charge in [0.2, 0.25) is 5.28 Å². The Morgan fingerprint density at radius 2 is 2.06 bits per heavy atom. The molecule has 0 aliphatic carbocycles. The number of aromatic nitrogens is 3. The fourth-order valence-corrected chi connectivity index (χ4v) is 2.37. The van der Waals surface area contributed by atoms with Gasteiger partial charge in [-0.3, -0.25) is 0 Å². The maximum Gasteiger partial charge on any atom is 0.245 e. The first-order chi connectivity index (χ1) is 8.08. The Morgan fingerprint density at radius 3 is 2.76 bits per heavy atom. The van der Waals surface area contributed by atoms with Gasteiger partial charge >= 0.3 is 0 Å². The van der Waals surface area contributed by atoms with Crippen LogP contribution in [0.25, 0.3) is 0 Å². The number of hydrogen-bond donors (Lipinski definition) is 0. The molecule has 1 atom stereocenters. The van der Waals surface area contributed by atoms with Gasteiger partial charge in [-0.1, -0.05) is 11.6 Å². The molecule has 2 heterocycles. The maximum atomic E-state index is 6.01. The third-order valence-corrected chi connectivity index (χ3v) is 3.43. The highest BCUT2D eigenvalue weighted by Gasteiger charge is 2.24. The summed E-state index contributed by atoms with van der Waals surface area (Å²) in [5.41, 5.74) is 0. The van der Waals surface area contributed by atoms with Gasteiger partial charge in [-0.25, -0.2) is 0 Å². The van der Waals surface area contributed by atoms with Gasteiger partial charge < -0.3 is 9.80 Å². The average molecular weight is 276 g/mol. The lowest BCUT2D eigenvalue weighted by atomic mass is 10.1. The van der Waals surface area contributed by atoms with Crippen LogP contribution in [-0.2, 0) is 0 Å². The molecular formula is C10H15Cl2N5. The van der Waals surface area contributed by atoms with E-state index in [1.165, 1.54) is 6.42 Å². The molecule has 2 rings (SSSR count). The molecule has 1 aliphatic heterocycles. The number of hydrogen-bond acceptors (Lipinski definition) is 5. The third-order valence-electron chi connectivity index (χ3n) is 3.03. The van der Waals surface area contributed by atoms with Crippen LogP contribution in [0.5, 0.6) is 0 Å². The summed E-state index contributed by atoms with van der Waals surface area (Å²) < 4.78 is 0. The lowest BCUT2D eigenvalue weighted by Crippen LogP contribution is -2.45. The first-order valence-corrected chi connectivity index (χ1v) is 6.30. The Morgan fingerprint density at radius 1 is 1.29 bits per heavy atom. The molecule has 0 bridgehead atoms. The van der Waals surface area contributed by atoms with Gasteiger partial charge in [0, 0.05) is 19.1 Å². The molecule has 17 heavy (non-hydrogen) atoms. The zero-order valence-corrected chi connectivity index (χ0v) is 11.4. The van der Waals surface area contributed by atoms with Crippen LogP contribution in [0.15, 0.2) is 0 Å². The maximum absolute atomic E-state index is 6.01. The van der Waals surface area contributed by atoms with Crippen LogP contribution in [0, 0.1) is 0 Å². The van der Waals surface area contributed by atoms with Gasteiger partial charge in [-0.2, -0.15) is 4.98 Å². The second-order valence-electron chi connectivity index (χ2n) is 4.40. The largest absolute Gasteiger partial charge is 0.352 e. The van der Waals surface area contributed by atoms with Crippen molar-refractivity contribution in [1.82, 2.24) is 20.1 Å². The van der Waals surface area contributed by atoms with Crippen molar-refractivity contribution in [3.63, 3.8) is 0 Å². The molecule has 1 fully saturated rings. The predicted molar refractivity (Wildman–Crippen MR) is 68.8 cm³/mol. The molecule has 0 radical (unpaired) electrons. The summed E-state index contributed by atoms with van der Waals surface area (Å²) in [7, 11) is 4.17. The fraction of sp³-hybridized carbons (Fsp3) is 0.700. The highest BCUT2D eigenvalue weighted by atomic mass is 35.5. The molecular weight excluding hydrogens is 261 g/mol. The van der Waals surface area contributed by atoms with Crippen LogP contribution in [0.2, 0.25) is 10.4 Å². The van der Waals surface area contributed by atoms with Gasteiger partial charge in [-0.15, -0.1) is 10.2 Å². The standard InChI is InChI=1S/C10H15Cl2N5/c1-16(2)7-4-3-5-17(6-7)9-8(11)14-15-10(12)13-9/h7H,3-6H2,1-2H3. The minimum absolute atomic E-state index is 0.136. The van der Waals surface area contributed by atoms with Crippen LogP contribution in [0.3, 0.4) is 0 Å². The number of nitrogens with zero attached hydrogens (tertiary/aromatic N) is 5. The van der Waals surface area contributed by atoms with E-state index in [4.69, 9.17) is 23.2 Å². The van der Waals surface area contributed by atoms with E-state index in [0.717, 1.165) is 19.5 Å². The molecule has 0 N–H and O–H groups in total. The first kappa shape index (κ1) is 12.8. The molecule has 1 unspecified atom stereocenters. The summed E-state index contributed by atoms with van der Waals surface area (Å²) in [5, 5.41) is 7.86. The lowest BCUT2D eigenvalue weighted by molar-refractivity contribution is 0.257. The van der Waals surface area contributed by atoms with Crippen molar-refractivity contribution in [2.75, 3.05) is 32.1 Å². The van der Waals surface area contributed by atoms with Gasteiger partial charge in [0.25, 0.3) is 0 Å². The van der Waals surface area contributed by atoms with Gasteiger partial charge in [-0.05, 0) is 38.5 Å². The van der Waals surface area contributed by atoms with E-state index in [-0.39, 0.29) is 5.28 Å². The number of likely N-dealkylation sites (N-methyl/N-ethyl adjacent to an activating group) is 1. The fourth-order valence-electron chi connectivity index (χ4n) is 2.06. The minimum Gasteiger partial charge on any atom is -0.352 e. The smallest absolute Gasteiger partial charge is 0.245 e. The number of halogens is 2. The molecule has 0 amide bonds. The van der Waals surface area contributed by atoms with Crippen molar-refractivity contribution in [3.8, 4) is 0 Å². The van der Waals surface area contributed by atoms with E-state index >= 15 is 0 Å². The summed E-state index contributed by atoms with van der Waals surface area (Å²) >= 11 is 11.8. The molecule has 7 heteroatoms. The monoisotopic (exact) mass is 275 g/mol. The highest BCUT2D eigenvalue weighted by Crippen LogP contribution is 2.25. The number of anilines is 1. The summed E-state index contributed by atoms with van der Waals surface area (Å²) in [5.74, 6) is 0.637. The van der Waals surface area contributed by atoms with E-state index in [1.54, 1.807) is 0 Å². The molecule has 0 spiro atoms.